The number of carbonyl (C=O) groups is 2. The quantitative estimate of drug-likeness (QED) is 0.322. The number of hydroxylamine groups is 2. The predicted molar refractivity (Wildman–Crippen MR) is 35.9 cm³/mol. The second kappa shape index (κ2) is 4.05. The Morgan fingerprint density at radius 2 is 2.00 bits per heavy atom. The van der Waals surface area contributed by atoms with E-state index < -0.39 is 24.2 Å². The van der Waals surface area contributed by atoms with Gasteiger partial charge in [-0.3, -0.25) is 14.8 Å². The molecule has 0 aliphatic carbocycles. The smallest absolute Gasteiger partial charge is 0.253 e. The Bertz CT molecular complexity index is 146. The molecular formula is C6H11NO4. The van der Waals surface area contributed by atoms with Crippen molar-refractivity contribution in [2.45, 2.75) is 19.4 Å². The highest BCUT2D eigenvalue weighted by molar-refractivity contribution is 5.99. The number of hydrogen-bond donors (Lipinski definition) is 2. The minimum atomic E-state index is -1.15. The van der Waals surface area contributed by atoms with Gasteiger partial charge in [0.05, 0.1) is 6.42 Å². The molecule has 2 N–H and O–H groups in total. The zero-order chi connectivity index (χ0) is 9.02. The number of Topliss-reactive ketones (excluding diaryl/α,β-unsaturated/α-hetero) is 1. The van der Waals surface area contributed by atoms with Gasteiger partial charge in [-0.1, -0.05) is 0 Å². The summed E-state index contributed by atoms with van der Waals surface area (Å²) in [7, 11) is 1.12. The third-order valence-corrected chi connectivity index (χ3v) is 1.15. The molecule has 0 radical (unpaired) electrons. The lowest BCUT2D eigenvalue weighted by Crippen LogP contribution is -2.28. The van der Waals surface area contributed by atoms with Crippen LogP contribution < -0.4 is 0 Å². The number of aliphatic hydroxyl groups excluding tert-OH is 1. The number of carbonyl (C=O) groups excluding carboxylic acids is 2. The fraction of sp³-hybridized carbons (Fsp3) is 0.667. The van der Waals surface area contributed by atoms with Gasteiger partial charge in [-0.2, -0.15) is 0 Å². The number of rotatable bonds is 3. The van der Waals surface area contributed by atoms with Crippen LogP contribution in [0.1, 0.15) is 13.3 Å². The largest absolute Gasteiger partial charge is 0.386 e. The predicted octanol–water partition coefficient (Wildman–Crippen LogP) is -0.826. The standard InChI is InChI=1S/C6H11NO4/c1-4(8)5(9)3-6(10)7(2)11/h4,8,11H,3H2,1-2H3. The first-order valence-corrected chi connectivity index (χ1v) is 3.11. The average Bonchev–Trinajstić information content (AvgIpc) is 1.87. The van der Waals surface area contributed by atoms with Crippen molar-refractivity contribution in [1.29, 1.82) is 0 Å². The van der Waals surface area contributed by atoms with E-state index >= 15 is 0 Å². The van der Waals surface area contributed by atoms with E-state index in [9.17, 15) is 9.59 Å². The molecule has 1 unspecified atom stereocenters. The Labute approximate surface area is 64.2 Å². The van der Waals surface area contributed by atoms with E-state index in [0.717, 1.165) is 7.05 Å². The maximum Gasteiger partial charge on any atom is 0.253 e. The molecule has 0 rings (SSSR count). The third kappa shape index (κ3) is 3.69. The first-order chi connectivity index (χ1) is 4.95. The molecule has 0 aromatic carbocycles. The second-order valence-corrected chi connectivity index (χ2v) is 2.24. The van der Waals surface area contributed by atoms with Crippen molar-refractivity contribution in [3.05, 3.63) is 0 Å². The second-order valence-electron chi connectivity index (χ2n) is 2.24. The fourth-order valence-corrected chi connectivity index (χ4v) is 0.411. The van der Waals surface area contributed by atoms with Gasteiger partial charge in [0.25, 0.3) is 5.91 Å². The summed E-state index contributed by atoms with van der Waals surface area (Å²) in [4.78, 5) is 21.3. The van der Waals surface area contributed by atoms with Gasteiger partial charge < -0.3 is 5.11 Å². The zero-order valence-electron chi connectivity index (χ0n) is 6.44. The molecule has 0 fully saturated rings. The molecule has 0 spiro atoms. The SMILES string of the molecule is CC(O)C(=O)CC(=O)N(C)O. The lowest BCUT2D eigenvalue weighted by atomic mass is 10.2. The Kier molecular flexibility index (Phi) is 3.70. The first-order valence-electron chi connectivity index (χ1n) is 3.11. The minimum absolute atomic E-state index is 0.320. The molecular weight excluding hydrogens is 150 g/mol. The molecule has 0 aromatic rings. The molecule has 0 heterocycles. The van der Waals surface area contributed by atoms with Crippen LogP contribution in [-0.4, -0.2) is 40.2 Å². The van der Waals surface area contributed by atoms with Crippen molar-refractivity contribution in [1.82, 2.24) is 5.06 Å². The van der Waals surface area contributed by atoms with Gasteiger partial charge in [0.2, 0.25) is 0 Å². The van der Waals surface area contributed by atoms with Crippen LogP contribution in [0.4, 0.5) is 0 Å². The van der Waals surface area contributed by atoms with Crippen molar-refractivity contribution in [3.8, 4) is 0 Å². The number of hydrogen-bond acceptors (Lipinski definition) is 4. The van der Waals surface area contributed by atoms with Crippen molar-refractivity contribution in [3.63, 3.8) is 0 Å². The molecule has 11 heavy (non-hydrogen) atoms. The number of aliphatic hydroxyl groups is 1. The lowest BCUT2D eigenvalue weighted by Gasteiger charge is -2.07. The van der Waals surface area contributed by atoms with Gasteiger partial charge in [0.1, 0.15) is 6.10 Å². The molecule has 0 saturated heterocycles. The van der Waals surface area contributed by atoms with Crippen LogP contribution in [0.15, 0.2) is 0 Å². The summed E-state index contributed by atoms with van der Waals surface area (Å²) in [5.74, 6) is -1.33. The molecule has 5 heteroatoms. The minimum Gasteiger partial charge on any atom is -0.386 e. The maximum atomic E-state index is 10.6. The summed E-state index contributed by atoms with van der Waals surface area (Å²) in [6.07, 6.45) is -1.62. The molecule has 0 saturated carbocycles. The number of ketones is 1. The van der Waals surface area contributed by atoms with Crippen molar-refractivity contribution in [2.24, 2.45) is 0 Å². The first kappa shape index (κ1) is 10.1. The summed E-state index contributed by atoms with van der Waals surface area (Å²) in [6.45, 7) is 1.27. The van der Waals surface area contributed by atoms with Crippen LogP contribution in [-0.2, 0) is 9.59 Å². The third-order valence-electron chi connectivity index (χ3n) is 1.15. The number of nitrogens with zero attached hydrogens (tertiary/aromatic N) is 1. The molecule has 0 aromatic heterocycles. The zero-order valence-corrected chi connectivity index (χ0v) is 6.44. The summed E-state index contributed by atoms with van der Waals surface area (Å²) in [5, 5.41) is 17.5. The average molecular weight is 161 g/mol. The van der Waals surface area contributed by atoms with Crippen molar-refractivity contribution in [2.75, 3.05) is 7.05 Å². The van der Waals surface area contributed by atoms with Crippen molar-refractivity contribution >= 4 is 11.7 Å². The van der Waals surface area contributed by atoms with Gasteiger partial charge in [-0.15, -0.1) is 0 Å². The van der Waals surface area contributed by atoms with E-state index in [1.54, 1.807) is 0 Å². The van der Waals surface area contributed by atoms with Gasteiger partial charge in [0, 0.05) is 7.05 Å². The molecule has 64 valence electrons. The summed E-state index contributed by atoms with van der Waals surface area (Å²) >= 11 is 0. The Balaban J connectivity index is 3.86. The molecule has 0 aliphatic rings. The van der Waals surface area contributed by atoms with Crippen LogP contribution in [0.3, 0.4) is 0 Å². The molecule has 5 nitrogen and oxygen atoms in total. The van der Waals surface area contributed by atoms with Gasteiger partial charge >= 0.3 is 0 Å². The Hall–Kier alpha value is -0.940. The number of amides is 1. The summed E-state index contributed by atoms with van der Waals surface area (Å²) in [6, 6.07) is 0. The maximum absolute atomic E-state index is 10.6. The normalized spacial score (nSPS) is 12.4. The highest BCUT2D eigenvalue weighted by Gasteiger charge is 2.15. The summed E-state index contributed by atoms with van der Waals surface area (Å²) in [5.41, 5.74) is 0. The highest BCUT2D eigenvalue weighted by Crippen LogP contribution is 1.93. The molecule has 1 atom stereocenters. The van der Waals surface area contributed by atoms with E-state index in [1.807, 2.05) is 0 Å². The highest BCUT2D eigenvalue weighted by atomic mass is 16.5. The fourth-order valence-electron chi connectivity index (χ4n) is 0.411. The molecule has 0 bridgehead atoms. The molecule has 0 aliphatic heterocycles. The van der Waals surface area contributed by atoms with Crippen LogP contribution in [0.5, 0.6) is 0 Å². The van der Waals surface area contributed by atoms with Gasteiger partial charge in [-0.25, -0.2) is 5.06 Å². The van der Waals surface area contributed by atoms with E-state index in [-0.39, 0.29) is 0 Å². The molecule has 1 amide bonds. The Morgan fingerprint density at radius 1 is 1.55 bits per heavy atom. The van der Waals surface area contributed by atoms with Crippen LogP contribution in [0.25, 0.3) is 0 Å². The summed E-state index contributed by atoms with van der Waals surface area (Å²) < 4.78 is 0. The lowest BCUT2D eigenvalue weighted by molar-refractivity contribution is -0.161. The van der Waals surface area contributed by atoms with Crippen LogP contribution in [0.2, 0.25) is 0 Å². The van der Waals surface area contributed by atoms with E-state index in [0.29, 0.717) is 5.06 Å². The van der Waals surface area contributed by atoms with E-state index in [2.05, 4.69) is 0 Å². The topological polar surface area (TPSA) is 77.8 Å². The van der Waals surface area contributed by atoms with E-state index in [1.165, 1.54) is 6.92 Å². The van der Waals surface area contributed by atoms with Crippen LogP contribution in [0, 0.1) is 0 Å². The van der Waals surface area contributed by atoms with E-state index in [4.69, 9.17) is 10.3 Å². The van der Waals surface area contributed by atoms with Crippen molar-refractivity contribution < 1.29 is 19.9 Å². The van der Waals surface area contributed by atoms with Gasteiger partial charge in [-0.05, 0) is 6.92 Å². The van der Waals surface area contributed by atoms with Crippen LogP contribution >= 0.6 is 0 Å². The van der Waals surface area contributed by atoms with Gasteiger partial charge in [0.15, 0.2) is 5.78 Å². The Morgan fingerprint density at radius 3 is 2.27 bits per heavy atom. The monoisotopic (exact) mass is 161 g/mol.